The number of anilines is 1. The summed E-state index contributed by atoms with van der Waals surface area (Å²) < 4.78 is 41.5. The van der Waals surface area contributed by atoms with Crippen LogP contribution in [0.5, 0.6) is 0 Å². The van der Waals surface area contributed by atoms with Gasteiger partial charge in [0.1, 0.15) is 10.7 Å². The minimum absolute atomic E-state index is 0.177. The quantitative estimate of drug-likeness (QED) is 0.673. The summed E-state index contributed by atoms with van der Waals surface area (Å²) in [5.41, 5.74) is 5.84. The van der Waals surface area contributed by atoms with E-state index in [9.17, 15) is 12.8 Å². The Balaban J connectivity index is 3.01. The largest absolute Gasteiger partial charge is 0.398 e. The van der Waals surface area contributed by atoms with Crippen molar-refractivity contribution >= 4 is 31.6 Å². The summed E-state index contributed by atoms with van der Waals surface area (Å²) in [5.74, 6) is -0.811. The Kier molecular flexibility index (Phi) is 7.09. The maximum atomic E-state index is 13.9. The van der Waals surface area contributed by atoms with Gasteiger partial charge in [-0.1, -0.05) is 33.1 Å². The molecule has 0 radical (unpaired) electrons. The van der Waals surface area contributed by atoms with Crippen LogP contribution >= 0.6 is 15.9 Å². The van der Waals surface area contributed by atoms with Crippen molar-refractivity contribution in [2.45, 2.75) is 56.9 Å². The first-order chi connectivity index (χ1) is 9.81. The van der Waals surface area contributed by atoms with E-state index in [2.05, 4.69) is 20.7 Å². The molecule has 0 saturated carbocycles. The molecule has 0 saturated heterocycles. The topological polar surface area (TPSA) is 72.2 Å². The van der Waals surface area contributed by atoms with E-state index < -0.39 is 20.7 Å². The van der Waals surface area contributed by atoms with Crippen molar-refractivity contribution in [2.75, 3.05) is 5.73 Å². The SMILES string of the molecule is CCCCC(CCC)NS(=O)(=O)c1cc(N)c(Br)cc1F. The summed E-state index contributed by atoms with van der Waals surface area (Å²) in [6.07, 6.45) is 4.26. The van der Waals surface area contributed by atoms with Crippen LogP contribution in [-0.2, 0) is 10.0 Å². The van der Waals surface area contributed by atoms with Crippen molar-refractivity contribution in [2.24, 2.45) is 0 Å². The Morgan fingerprint density at radius 3 is 2.52 bits per heavy atom. The molecule has 21 heavy (non-hydrogen) atoms. The molecule has 1 rings (SSSR count). The van der Waals surface area contributed by atoms with Crippen LogP contribution < -0.4 is 10.5 Å². The van der Waals surface area contributed by atoms with E-state index in [0.29, 0.717) is 4.47 Å². The van der Waals surface area contributed by atoms with Crippen LogP contribution in [0.25, 0.3) is 0 Å². The number of nitrogens with one attached hydrogen (secondary N) is 1. The zero-order valence-electron chi connectivity index (χ0n) is 12.3. The highest BCUT2D eigenvalue weighted by atomic mass is 79.9. The molecule has 3 N–H and O–H groups in total. The molecule has 1 aromatic rings. The second-order valence-electron chi connectivity index (χ2n) is 5.05. The maximum Gasteiger partial charge on any atom is 0.243 e. The number of nitrogens with two attached hydrogens (primary N) is 1. The predicted octanol–water partition coefficient (Wildman–Crippen LogP) is 3.81. The Morgan fingerprint density at radius 2 is 1.95 bits per heavy atom. The molecule has 0 fully saturated rings. The van der Waals surface area contributed by atoms with Crippen molar-refractivity contribution in [1.29, 1.82) is 0 Å². The van der Waals surface area contributed by atoms with E-state index in [0.717, 1.165) is 44.2 Å². The van der Waals surface area contributed by atoms with Gasteiger partial charge in [-0.3, -0.25) is 0 Å². The Labute approximate surface area is 134 Å². The number of rotatable bonds is 8. The molecule has 0 bridgehead atoms. The third-order valence-electron chi connectivity index (χ3n) is 3.21. The summed E-state index contributed by atoms with van der Waals surface area (Å²) in [5, 5.41) is 0. The van der Waals surface area contributed by atoms with Gasteiger partial charge < -0.3 is 5.73 Å². The average Bonchev–Trinajstić information content (AvgIpc) is 2.40. The zero-order chi connectivity index (χ0) is 16.0. The van der Waals surface area contributed by atoms with Crippen LogP contribution in [0.3, 0.4) is 0 Å². The molecule has 0 aromatic heterocycles. The van der Waals surface area contributed by atoms with E-state index in [1.54, 1.807) is 0 Å². The Bertz CT molecular complexity index is 579. The van der Waals surface area contributed by atoms with Crippen LogP contribution in [0.2, 0.25) is 0 Å². The molecule has 1 atom stereocenters. The molecule has 0 aliphatic carbocycles. The van der Waals surface area contributed by atoms with E-state index in [4.69, 9.17) is 5.73 Å². The molecule has 7 heteroatoms. The molecule has 120 valence electrons. The molecule has 0 aliphatic heterocycles. The number of hydrogen-bond donors (Lipinski definition) is 2. The van der Waals surface area contributed by atoms with Gasteiger partial charge >= 0.3 is 0 Å². The molecular formula is C14H22BrFN2O2S. The number of halogens is 2. The fraction of sp³-hybridized carbons (Fsp3) is 0.571. The first-order valence-corrected chi connectivity index (χ1v) is 9.36. The molecule has 0 amide bonds. The van der Waals surface area contributed by atoms with Gasteiger partial charge in [-0.15, -0.1) is 0 Å². The van der Waals surface area contributed by atoms with Crippen LogP contribution in [0, 0.1) is 5.82 Å². The molecular weight excluding hydrogens is 359 g/mol. The van der Waals surface area contributed by atoms with Crippen molar-refractivity contribution in [3.05, 3.63) is 22.4 Å². The van der Waals surface area contributed by atoms with E-state index in [1.807, 2.05) is 13.8 Å². The molecule has 4 nitrogen and oxygen atoms in total. The summed E-state index contributed by atoms with van der Waals surface area (Å²) >= 11 is 3.08. The van der Waals surface area contributed by atoms with Gasteiger partial charge in [-0.2, -0.15) is 0 Å². The van der Waals surface area contributed by atoms with Crippen LogP contribution in [0.15, 0.2) is 21.5 Å². The van der Waals surface area contributed by atoms with Gasteiger partial charge in [0, 0.05) is 16.2 Å². The van der Waals surface area contributed by atoms with Gasteiger partial charge in [-0.25, -0.2) is 17.5 Å². The van der Waals surface area contributed by atoms with E-state index in [1.165, 1.54) is 0 Å². The summed E-state index contributed by atoms with van der Waals surface area (Å²) in [6, 6.07) is 2.04. The fourth-order valence-corrected chi connectivity index (χ4v) is 3.81. The van der Waals surface area contributed by atoms with Crippen molar-refractivity contribution < 1.29 is 12.8 Å². The highest BCUT2D eigenvalue weighted by Gasteiger charge is 2.23. The number of sulfonamides is 1. The van der Waals surface area contributed by atoms with Gasteiger partial charge in [0.15, 0.2) is 0 Å². The van der Waals surface area contributed by atoms with Crippen LogP contribution in [0.4, 0.5) is 10.1 Å². The monoisotopic (exact) mass is 380 g/mol. The second kappa shape index (κ2) is 8.10. The number of benzene rings is 1. The van der Waals surface area contributed by atoms with Gasteiger partial charge in [0.2, 0.25) is 10.0 Å². The van der Waals surface area contributed by atoms with Gasteiger partial charge in [0.25, 0.3) is 0 Å². The molecule has 1 aromatic carbocycles. The summed E-state index contributed by atoms with van der Waals surface area (Å²) in [7, 11) is -3.91. The number of hydrogen-bond acceptors (Lipinski definition) is 3. The molecule has 1 unspecified atom stereocenters. The first kappa shape index (κ1) is 18.4. The van der Waals surface area contributed by atoms with Crippen molar-refractivity contribution in [1.82, 2.24) is 4.72 Å². The van der Waals surface area contributed by atoms with Crippen molar-refractivity contribution in [3.8, 4) is 0 Å². The average molecular weight is 381 g/mol. The minimum Gasteiger partial charge on any atom is -0.398 e. The zero-order valence-corrected chi connectivity index (χ0v) is 14.7. The second-order valence-corrected chi connectivity index (χ2v) is 7.59. The lowest BCUT2D eigenvalue weighted by atomic mass is 10.1. The lowest BCUT2D eigenvalue weighted by Gasteiger charge is -2.18. The maximum absolute atomic E-state index is 13.9. The lowest BCUT2D eigenvalue weighted by Crippen LogP contribution is -2.35. The van der Waals surface area contributed by atoms with Crippen LogP contribution in [-0.4, -0.2) is 14.5 Å². The minimum atomic E-state index is -3.91. The molecule has 0 heterocycles. The predicted molar refractivity (Wildman–Crippen MR) is 87.1 cm³/mol. The van der Waals surface area contributed by atoms with Crippen LogP contribution in [0.1, 0.15) is 46.0 Å². The lowest BCUT2D eigenvalue weighted by molar-refractivity contribution is 0.480. The normalized spacial score (nSPS) is 13.3. The van der Waals surface area contributed by atoms with Crippen molar-refractivity contribution in [3.63, 3.8) is 0 Å². The standard InChI is InChI=1S/C14H22BrFN2O2S/c1-3-5-7-10(6-4-2)18-21(19,20)14-9-13(17)11(15)8-12(14)16/h8-10,18H,3-7,17H2,1-2H3. The smallest absolute Gasteiger partial charge is 0.243 e. The third-order valence-corrected chi connectivity index (χ3v) is 5.43. The van der Waals surface area contributed by atoms with E-state index >= 15 is 0 Å². The Morgan fingerprint density at radius 1 is 1.29 bits per heavy atom. The third kappa shape index (κ3) is 5.23. The van der Waals surface area contributed by atoms with Gasteiger partial charge in [-0.05, 0) is 40.9 Å². The Hall–Kier alpha value is -0.660. The number of unbranched alkanes of at least 4 members (excludes halogenated alkanes) is 1. The van der Waals surface area contributed by atoms with E-state index in [-0.39, 0.29) is 11.7 Å². The molecule has 0 spiro atoms. The first-order valence-electron chi connectivity index (χ1n) is 7.08. The summed E-state index contributed by atoms with van der Waals surface area (Å²) in [4.78, 5) is -0.402. The number of nitrogen functional groups attached to an aromatic ring is 1. The molecule has 0 aliphatic rings. The summed E-state index contributed by atoms with van der Waals surface area (Å²) in [6.45, 7) is 4.04. The highest BCUT2D eigenvalue weighted by molar-refractivity contribution is 9.10. The fourth-order valence-electron chi connectivity index (χ4n) is 2.09. The van der Waals surface area contributed by atoms with Gasteiger partial charge in [0.05, 0.1) is 0 Å². The highest BCUT2D eigenvalue weighted by Crippen LogP contribution is 2.26.